The van der Waals surface area contributed by atoms with Crippen LogP contribution in [0.4, 0.5) is 0 Å². The molecular formula is C36H73NO13. The largest absolute Gasteiger partial charge is 0.464 e. The van der Waals surface area contributed by atoms with Gasteiger partial charge >= 0.3 is 5.97 Å². The van der Waals surface area contributed by atoms with E-state index in [2.05, 4.69) is 5.32 Å². The van der Waals surface area contributed by atoms with Crippen molar-refractivity contribution in [2.45, 2.75) is 194 Å². The molecule has 2 heterocycles. The van der Waals surface area contributed by atoms with Gasteiger partial charge in [-0.1, -0.05) is 41.5 Å². The molecule has 0 radical (unpaired) electrons. The number of ether oxygens (including phenoxy) is 7. The van der Waals surface area contributed by atoms with Crippen LogP contribution in [-0.2, 0) is 42.7 Å². The zero-order valence-electron chi connectivity index (χ0n) is 34.2. The molecule has 1 amide bonds. The lowest BCUT2D eigenvalue weighted by molar-refractivity contribution is -0.300. The second-order valence-corrected chi connectivity index (χ2v) is 14.0. The van der Waals surface area contributed by atoms with Crippen molar-refractivity contribution in [1.82, 2.24) is 5.32 Å². The molecule has 2 aliphatic heterocycles. The highest BCUT2D eigenvalue weighted by atomic mass is 16.6. The molecule has 0 bridgehead atoms. The van der Waals surface area contributed by atoms with Gasteiger partial charge in [-0.05, 0) is 69.2 Å². The average molecular weight is 728 g/mol. The van der Waals surface area contributed by atoms with E-state index < -0.39 is 95.3 Å². The van der Waals surface area contributed by atoms with Crippen LogP contribution in [0.15, 0.2) is 0 Å². The average Bonchev–Trinajstić information content (AvgIpc) is 3.06. The van der Waals surface area contributed by atoms with Gasteiger partial charge in [-0.3, -0.25) is 4.79 Å². The number of amides is 1. The van der Waals surface area contributed by atoms with Crippen LogP contribution in [0.3, 0.4) is 0 Å². The standard InChI is InChI=1S/C30H55NO13.3C2H6/c1-13-39-26(37)22-20(16(33)17(34)23(42-22)29(7,8)38-12)44-28(5,6)14-40-30(9,10)24-18(35)15(32)19(43-27(2,3)4)21(41-24)25(36)31-11;3*1-2/h15-24,32-35H,13-14H2,1-12H3,(H,31,36);3*1-2H3/t15?,16?,17?,18?,19-,20-,21?,22?,23?,24?;;;/m0.../s1. The molecule has 50 heavy (non-hydrogen) atoms. The second kappa shape index (κ2) is 21.9. The Morgan fingerprint density at radius 2 is 1.10 bits per heavy atom. The number of esters is 1. The Morgan fingerprint density at radius 1 is 0.680 bits per heavy atom. The van der Waals surface area contributed by atoms with E-state index >= 15 is 0 Å². The van der Waals surface area contributed by atoms with Crippen molar-refractivity contribution in [3.63, 3.8) is 0 Å². The molecule has 5 N–H and O–H groups in total. The Labute approximate surface area is 301 Å². The Morgan fingerprint density at radius 3 is 1.50 bits per heavy atom. The van der Waals surface area contributed by atoms with Crippen LogP contribution in [0.5, 0.6) is 0 Å². The van der Waals surface area contributed by atoms with Crippen LogP contribution in [-0.4, -0.2) is 143 Å². The Kier molecular flexibility index (Phi) is 22.2. The predicted molar refractivity (Wildman–Crippen MR) is 191 cm³/mol. The first-order valence-electron chi connectivity index (χ1n) is 18.0. The minimum absolute atomic E-state index is 0.0529. The number of hydrogen-bond donors (Lipinski definition) is 5. The minimum Gasteiger partial charge on any atom is -0.464 e. The molecule has 14 nitrogen and oxygen atoms in total. The number of aliphatic hydroxyl groups is 4. The van der Waals surface area contributed by atoms with Crippen molar-refractivity contribution in [3.05, 3.63) is 0 Å². The SMILES string of the molecule is CC.CC.CC.CCOC(=O)C1OC(C(C)(C)OC)C(O)C(O)[C@@H]1OC(C)(C)COC(C)(C)C1OC(C(=O)NC)[C@@H](OC(C)(C)C)C(O)C1O. The number of rotatable bonds is 12. The summed E-state index contributed by atoms with van der Waals surface area (Å²) < 4.78 is 40.9. The topological polar surface area (TPSA) is 192 Å². The minimum atomic E-state index is -1.56. The summed E-state index contributed by atoms with van der Waals surface area (Å²) >= 11 is 0. The smallest absolute Gasteiger partial charge is 0.338 e. The van der Waals surface area contributed by atoms with Gasteiger partial charge in [0, 0.05) is 14.2 Å². The molecule has 2 fully saturated rings. The monoisotopic (exact) mass is 728 g/mol. The second-order valence-electron chi connectivity index (χ2n) is 14.0. The number of hydrogen-bond acceptors (Lipinski definition) is 13. The normalized spacial score (nSPS) is 30.3. The first-order chi connectivity index (χ1) is 23.0. The number of carbonyl (C=O) groups excluding carboxylic acids is 2. The van der Waals surface area contributed by atoms with Crippen LogP contribution in [0, 0.1) is 0 Å². The lowest BCUT2D eigenvalue weighted by Crippen LogP contribution is -2.68. The van der Waals surface area contributed by atoms with Gasteiger partial charge in [0.1, 0.15) is 48.8 Å². The van der Waals surface area contributed by atoms with Crippen molar-refractivity contribution in [1.29, 1.82) is 0 Å². The predicted octanol–water partition coefficient (Wildman–Crippen LogP) is 2.92. The van der Waals surface area contributed by atoms with Gasteiger partial charge in [0.15, 0.2) is 12.2 Å². The summed E-state index contributed by atoms with van der Waals surface area (Å²) in [4.78, 5) is 25.7. The van der Waals surface area contributed by atoms with E-state index in [9.17, 15) is 30.0 Å². The summed E-state index contributed by atoms with van der Waals surface area (Å²) in [7, 11) is 2.85. The molecule has 0 aliphatic carbocycles. The maximum absolute atomic E-state index is 12.9. The van der Waals surface area contributed by atoms with Gasteiger partial charge in [-0.25, -0.2) is 4.79 Å². The number of nitrogens with one attached hydrogen (secondary N) is 1. The van der Waals surface area contributed by atoms with Crippen molar-refractivity contribution in [2.24, 2.45) is 0 Å². The number of likely N-dealkylation sites (N-methyl/N-ethyl adjacent to an activating group) is 1. The Hall–Kier alpha value is -1.46. The van der Waals surface area contributed by atoms with Gasteiger partial charge in [-0.2, -0.15) is 0 Å². The summed E-state index contributed by atoms with van der Waals surface area (Å²) in [5.74, 6) is -1.32. The van der Waals surface area contributed by atoms with Crippen molar-refractivity contribution >= 4 is 11.9 Å². The fourth-order valence-electron chi connectivity index (χ4n) is 5.29. The van der Waals surface area contributed by atoms with Crippen LogP contribution < -0.4 is 5.32 Å². The van der Waals surface area contributed by atoms with Crippen LogP contribution in [0.25, 0.3) is 0 Å². The third-order valence-corrected chi connectivity index (χ3v) is 7.83. The number of aliphatic hydroxyl groups excluding tert-OH is 4. The molecule has 300 valence electrons. The van der Waals surface area contributed by atoms with Crippen molar-refractivity contribution in [2.75, 3.05) is 27.4 Å². The first kappa shape index (κ1) is 50.6. The molecule has 8 unspecified atom stereocenters. The lowest BCUT2D eigenvalue weighted by atomic mass is 9.85. The van der Waals surface area contributed by atoms with Gasteiger partial charge in [-0.15, -0.1) is 0 Å². The van der Waals surface area contributed by atoms with Crippen LogP contribution in [0.1, 0.15) is 111 Å². The van der Waals surface area contributed by atoms with Gasteiger partial charge in [0.25, 0.3) is 5.91 Å². The van der Waals surface area contributed by atoms with Crippen molar-refractivity contribution in [3.8, 4) is 0 Å². The Balaban J connectivity index is 0. The number of carbonyl (C=O) groups is 2. The first-order valence-corrected chi connectivity index (χ1v) is 18.0. The molecule has 0 aromatic carbocycles. The fraction of sp³-hybridized carbons (Fsp3) is 0.944. The highest BCUT2D eigenvalue weighted by Gasteiger charge is 2.56. The van der Waals surface area contributed by atoms with E-state index in [-0.39, 0.29) is 13.2 Å². The maximum atomic E-state index is 12.9. The fourth-order valence-corrected chi connectivity index (χ4v) is 5.29. The molecule has 10 atom stereocenters. The highest BCUT2D eigenvalue weighted by Crippen LogP contribution is 2.36. The number of methoxy groups -OCH3 is 1. The molecule has 2 rings (SSSR count). The molecule has 0 saturated carbocycles. The molecule has 0 aromatic rings. The summed E-state index contributed by atoms with van der Waals surface area (Å²) in [5.41, 5.74) is -4.32. The zero-order valence-corrected chi connectivity index (χ0v) is 34.2. The molecular weight excluding hydrogens is 654 g/mol. The molecule has 0 spiro atoms. The summed E-state index contributed by atoms with van der Waals surface area (Å²) in [6.45, 7) is 28.6. The highest BCUT2D eigenvalue weighted by molar-refractivity contribution is 5.81. The summed E-state index contributed by atoms with van der Waals surface area (Å²) in [5, 5.41) is 46.7. The van der Waals surface area contributed by atoms with Crippen LogP contribution in [0.2, 0.25) is 0 Å². The van der Waals surface area contributed by atoms with E-state index in [1.54, 1.807) is 69.2 Å². The maximum Gasteiger partial charge on any atom is 0.338 e. The summed E-state index contributed by atoms with van der Waals surface area (Å²) in [6.07, 6.45) is -13.4. The third-order valence-electron chi connectivity index (χ3n) is 7.83. The lowest BCUT2D eigenvalue weighted by Gasteiger charge is -2.49. The quantitative estimate of drug-likeness (QED) is 0.185. The van der Waals surface area contributed by atoms with E-state index in [1.165, 1.54) is 14.2 Å². The van der Waals surface area contributed by atoms with Gasteiger partial charge in [0.05, 0.1) is 35.6 Å². The molecule has 2 aliphatic rings. The van der Waals surface area contributed by atoms with E-state index in [0.29, 0.717) is 0 Å². The molecule has 14 heteroatoms. The summed E-state index contributed by atoms with van der Waals surface area (Å²) in [6, 6.07) is 0. The Bertz CT molecular complexity index is 968. The zero-order chi connectivity index (χ0) is 40.0. The van der Waals surface area contributed by atoms with E-state index in [1.807, 2.05) is 41.5 Å². The van der Waals surface area contributed by atoms with Crippen molar-refractivity contribution < 1.29 is 63.2 Å². The molecule has 2 saturated heterocycles. The third kappa shape index (κ3) is 13.8. The molecule has 0 aromatic heterocycles. The van der Waals surface area contributed by atoms with Crippen LogP contribution >= 0.6 is 0 Å². The van der Waals surface area contributed by atoms with E-state index in [4.69, 9.17) is 33.2 Å². The van der Waals surface area contributed by atoms with E-state index in [0.717, 1.165) is 0 Å². The van der Waals surface area contributed by atoms with Gasteiger partial charge < -0.3 is 58.9 Å². The van der Waals surface area contributed by atoms with Gasteiger partial charge in [0.2, 0.25) is 0 Å².